The topological polar surface area (TPSA) is 80.3 Å². The van der Waals surface area contributed by atoms with E-state index in [0.29, 0.717) is 12.8 Å². The maximum absolute atomic E-state index is 11.0. The van der Waals surface area contributed by atoms with Gasteiger partial charge in [-0.05, 0) is 91.1 Å². The summed E-state index contributed by atoms with van der Waals surface area (Å²) in [6, 6.07) is 64.3. The zero-order valence-electron chi connectivity index (χ0n) is 29.8. The van der Waals surface area contributed by atoms with Gasteiger partial charge < -0.3 is 19.8 Å². The van der Waals surface area contributed by atoms with Crippen LogP contribution in [0.1, 0.15) is 33.6 Å². The molecule has 0 heterocycles. The summed E-state index contributed by atoms with van der Waals surface area (Å²) in [7, 11) is -0.0293. The summed E-state index contributed by atoms with van der Waals surface area (Å²) < 4.78 is 0. The van der Waals surface area contributed by atoms with Crippen LogP contribution in [0.5, 0.6) is 0 Å². The first kappa shape index (κ1) is 38.2. The number of benzene rings is 6. The Hall–Kier alpha value is -5.04. The molecular formula is C46H44O4S2. The molecule has 6 heteroatoms. The van der Waals surface area contributed by atoms with Crippen LogP contribution in [0.15, 0.2) is 211 Å². The Morgan fingerprint density at radius 3 is 0.846 bits per heavy atom. The summed E-state index contributed by atoms with van der Waals surface area (Å²) in [6.07, 6.45) is 0.681. The highest BCUT2D eigenvalue weighted by Crippen LogP contribution is 2.55. The summed E-state index contributed by atoms with van der Waals surface area (Å²) in [5.41, 5.74) is -1.89. The summed E-state index contributed by atoms with van der Waals surface area (Å²) in [6.45, 7) is 4.85. The molecule has 1 aliphatic carbocycles. The van der Waals surface area contributed by atoms with Crippen molar-refractivity contribution in [2.24, 2.45) is 16.7 Å². The van der Waals surface area contributed by atoms with E-state index < -0.39 is 28.7 Å². The zero-order valence-corrected chi connectivity index (χ0v) is 31.4. The van der Waals surface area contributed by atoms with Gasteiger partial charge in [0.1, 0.15) is 0 Å². The van der Waals surface area contributed by atoms with Gasteiger partial charge in [-0.25, -0.2) is 0 Å². The maximum Gasteiger partial charge on any atom is 0.166 e. The van der Waals surface area contributed by atoms with Crippen LogP contribution in [0.4, 0.5) is 0 Å². The molecule has 0 bridgehead atoms. The molecule has 6 aromatic rings. The van der Waals surface area contributed by atoms with Crippen LogP contribution in [0, 0.1) is 16.7 Å². The van der Waals surface area contributed by atoms with E-state index >= 15 is 0 Å². The highest BCUT2D eigenvalue weighted by atomic mass is 32.2. The molecule has 1 saturated carbocycles. The molecule has 6 aromatic carbocycles. The Labute approximate surface area is 313 Å². The van der Waals surface area contributed by atoms with Crippen LogP contribution in [-0.2, 0) is 31.4 Å². The second-order valence-corrected chi connectivity index (χ2v) is 17.3. The van der Waals surface area contributed by atoms with Crippen molar-refractivity contribution in [2.45, 2.75) is 63.0 Å². The third-order valence-corrected chi connectivity index (χ3v) is 14.3. The normalized spacial score (nSPS) is 17.3. The average molecular weight is 725 g/mol. The molecule has 0 radical (unpaired) electrons. The lowest BCUT2D eigenvalue weighted by Gasteiger charge is -2.42. The molecule has 4 nitrogen and oxygen atoms in total. The SMILES string of the molecule is CC1(C(=O)[O-])CCC(C(=O)[O-])C1(C)C.c1ccc([S+](c2ccccc2)c2ccccc2)cc1.c1ccc([S+](c2ccccc2)c2ccccc2)cc1. The maximum atomic E-state index is 11.0. The number of carboxylic acids is 2. The standard InChI is InChI=1S/2C18H15S.C10H16O4/c2*1-4-10-16(11-5-1)19(17-12-6-2-7-13-17)18-14-8-3-9-15-18;1-9(2)6(7(11)12)4-5-10(9,3)8(13)14/h2*1-15H;6H,4-5H2,1-3H3,(H,11,12)(H,13,14)/q2*+1;/p-2. The van der Waals surface area contributed by atoms with Gasteiger partial charge >= 0.3 is 0 Å². The quantitative estimate of drug-likeness (QED) is 0.148. The van der Waals surface area contributed by atoms with Gasteiger partial charge in [-0.2, -0.15) is 0 Å². The van der Waals surface area contributed by atoms with E-state index in [1.807, 2.05) is 0 Å². The van der Waals surface area contributed by atoms with Crippen LogP contribution in [0.25, 0.3) is 0 Å². The van der Waals surface area contributed by atoms with Crippen molar-refractivity contribution in [1.29, 1.82) is 0 Å². The Morgan fingerprint density at radius 2 is 0.692 bits per heavy atom. The Kier molecular flexibility index (Phi) is 13.2. The molecule has 2 unspecified atom stereocenters. The predicted octanol–water partition coefficient (Wildman–Crippen LogP) is 8.49. The van der Waals surface area contributed by atoms with Gasteiger partial charge in [0.05, 0.1) is 21.8 Å². The minimum absolute atomic E-state index is 0.0146. The van der Waals surface area contributed by atoms with Gasteiger partial charge in [0.25, 0.3) is 0 Å². The smallest absolute Gasteiger partial charge is 0.166 e. The first-order chi connectivity index (χ1) is 25.1. The lowest BCUT2D eigenvalue weighted by molar-refractivity contribution is -0.326. The van der Waals surface area contributed by atoms with Gasteiger partial charge in [0.2, 0.25) is 0 Å². The molecule has 0 amide bonds. The third-order valence-electron chi connectivity index (χ3n) is 9.83. The van der Waals surface area contributed by atoms with E-state index in [4.69, 9.17) is 0 Å². The molecule has 1 aliphatic rings. The Bertz CT molecular complexity index is 1670. The van der Waals surface area contributed by atoms with E-state index in [0.717, 1.165) is 0 Å². The Balaban J connectivity index is 0.000000153. The van der Waals surface area contributed by atoms with Crippen molar-refractivity contribution in [3.63, 3.8) is 0 Å². The molecule has 264 valence electrons. The molecule has 2 atom stereocenters. The number of hydrogen-bond donors (Lipinski definition) is 0. The molecule has 52 heavy (non-hydrogen) atoms. The van der Waals surface area contributed by atoms with E-state index in [1.54, 1.807) is 20.8 Å². The molecule has 0 aromatic heterocycles. The second kappa shape index (κ2) is 17.9. The van der Waals surface area contributed by atoms with Crippen LogP contribution in [-0.4, -0.2) is 11.9 Å². The number of hydrogen-bond acceptors (Lipinski definition) is 4. The van der Waals surface area contributed by atoms with E-state index in [1.165, 1.54) is 29.4 Å². The summed E-state index contributed by atoms with van der Waals surface area (Å²) in [4.78, 5) is 30.0. The predicted molar refractivity (Wildman–Crippen MR) is 208 cm³/mol. The van der Waals surface area contributed by atoms with E-state index in [2.05, 4.69) is 182 Å². The highest BCUT2D eigenvalue weighted by Gasteiger charge is 2.52. The fourth-order valence-corrected chi connectivity index (χ4v) is 10.6. The molecule has 1 fully saturated rings. The van der Waals surface area contributed by atoms with Gasteiger partial charge in [-0.1, -0.05) is 130 Å². The number of aliphatic carboxylic acids is 2. The molecule has 0 spiro atoms. The van der Waals surface area contributed by atoms with E-state index in [-0.39, 0.29) is 21.8 Å². The fraction of sp³-hybridized carbons (Fsp3) is 0.174. The van der Waals surface area contributed by atoms with Crippen molar-refractivity contribution >= 4 is 33.7 Å². The van der Waals surface area contributed by atoms with Crippen molar-refractivity contribution < 1.29 is 19.8 Å². The van der Waals surface area contributed by atoms with Gasteiger partial charge in [0, 0.05) is 23.3 Å². The van der Waals surface area contributed by atoms with Gasteiger partial charge in [0.15, 0.2) is 29.4 Å². The number of rotatable bonds is 8. The number of carbonyl (C=O) groups is 2. The van der Waals surface area contributed by atoms with Crippen molar-refractivity contribution in [1.82, 2.24) is 0 Å². The van der Waals surface area contributed by atoms with E-state index in [9.17, 15) is 19.8 Å². The molecule has 0 N–H and O–H groups in total. The van der Waals surface area contributed by atoms with Gasteiger partial charge in [-0.3, -0.25) is 0 Å². The average Bonchev–Trinajstić information content (AvgIpc) is 3.44. The third kappa shape index (κ3) is 9.05. The highest BCUT2D eigenvalue weighted by molar-refractivity contribution is 7.97. The first-order valence-electron chi connectivity index (χ1n) is 17.3. The lowest BCUT2D eigenvalue weighted by atomic mass is 9.66. The van der Waals surface area contributed by atoms with Crippen molar-refractivity contribution in [2.75, 3.05) is 0 Å². The fourth-order valence-electron chi connectivity index (χ4n) is 6.43. The monoisotopic (exact) mass is 724 g/mol. The van der Waals surface area contributed by atoms with Crippen LogP contribution in [0.2, 0.25) is 0 Å². The van der Waals surface area contributed by atoms with Crippen LogP contribution < -0.4 is 10.2 Å². The second-order valence-electron chi connectivity index (χ2n) is 13.2. The summed E-state index contributed by atoms with van der Waals surface area (Å²) in [5.74, 6) is -3.04. The lowest BCUT2D eigenvalue weighted by Crippen LogP contribution is -2.50. The van der Waals surface area contributed by atoms with Crippen LogP contribution in [0.3, 0.4) is 0 Å². The van der Waals surface area contributed by atoms with Crippen LogP contribution >= 0.6 is 0 Å². The molecule has 7 rings (SSSR count). The summed E-state index contributed by atoms with van der Waals surface area (Å²) in [5, 5.41) is 21.8. The summed E-state index contributed by atoms with van der Waals surface area (Å²) >= 11 is 0. The largest absolute Gasteiger partial charge is 0.550 e. The van der Waals surface area contributed by atoms with Gasteiger partial charge in [-0.15, -0.1) is 0 Å². The number of carboxylic acid groups (broad SMARTS) is 2. The molecule has 0 saturated heterocycles. The Morgan fingerprint density at radius 1 is 0.462 bits per heavy atom. The minimum Gasteiger partial charge on any atom is -0.550 e. The zero-order chi connectivity index (χ0) is 37.0. The number of carbonyl (C=O) groups excluding carboxylic acids is 2. The molecular weight excluding hydrogens is 681 g/mol. The minimum atomic E-state index is -1.17. The molecule has 0 aliphatic heterocycles. The first-order valence-corrected chi connectivity index (χ1v) is 19.8. The van der Waals surface area contributed by atoms with Crippen molar-refractivity contribution in [3.8, 4) is 0 Å². The van der Waals surface area contributed by atoms with Crippen molar-refractivity contribution in [3.05, 3.63) is 182 Å².